The lowest BCUT2D eigenvalue weighted by molar-refractivity contribution is -0.167. The molecule has 0 aliphatic carbocycles. The molecule has 79 heavy (non-hydrogen) atoms. The number of carbonyl (C=O) groups excluding carboxylic acids is 3. The summed E-state index contributed by atoms with van der Waals surface area (Å²) < 4.78 is 17.0. The van der Waals surface area contributed by atoms with E-state index in [1.54, 1.807) is 0 Å². The van der Waals surface area contributed by atoms with E-state index in [0.717, 1.165) is 89.9 Å². The van der Waals surface area contributed by atoms with Crippen LogP contribution in [0.15, 0.2) is 60.8 Å². The molecule has 0 aliphatic heterocycles. The predicted octanol–water partition coefficient (Wildman–Crippen LogP) is 23.9. The third-order valence-corrected chi connectivity index (χ3v) is 15.5. The summed E-state index contributed by atoms with van der Waals surface area (Å²) >= 11 is 0. The van der Waals surface area contributed by atoms with Crippen LogP contribution in [0.2, 0.25) is 0 Å². The van der Waals surface area contributed by atoms with Crippen molar-refractivity contribution in [3.05, 3.63) is 60.8 Å². The van der Waals surface area contributed by atoms with Gasteiger partial charge in [0.25, 0.3) is 0 Å². The lowest BCUT2D eigenvalue weighted by atomic mass is 10.0. The molecule has 0 bridgehead atoms. The summed E-state index contributed by atoms with van der Waals surface area (Å²) in [5.74, 6) is -0.859. The Balaban J connectivity index is 4.28. The first-order valence-corrected chi connectivity index (χ1v) is 34.8. The molecule has 0 aromatic rings. The smallest absolute Gasteiger partial charge is 0.306 e. The minimum Gasteiger partial charge on any atom is -0.462 e. The zero-order chi connectivity index (χ0) is 57.1. The predicted molar refractivity (Wildman–Crippen MR) is 344 cm³/mol. The lowest BCUT2D eigenvalue weighted by Crippen LogP contribution is -2.30. The van der Waals surface area contributed by atoms with E-state index in [1.165, 1.54) is 238 Å². The Kier molecular flexibility index (Phi) is 65.1. The van der Waals surface area contributed by atoms with Crippen LogP contribution in [0.3, 0.4) is 0 Å². The number of unbranched alkanes of at least 4 members (excludes halogenated alkanes) is 43. The average Bonchev–Trinajstić information content (AvgIpc) is 3.45. The van der Waals surface area contributed by atoms with Gasteiger partial charge in [-0.15, -0.1) is 0 Å². The van der Waals surface area contributed by atoms with Crippen LogP contribution >= 0.6 is 0 Å². The van der Waals surface area contributed by atoms with Gasteiger partial charge in [0.15, 0.2) is 6.10 Å². The van der Waals surface area contributed by atoms with Crippen molar-refractivity contribution in [2.45, 2.75) is 374 Å². The molecule has 0 aromatic carbocycles. The number of hydrogen-bond donors (Lipinski definition) is 0. The van der Waals surface area contributed by atoms with Crippen molar-refractivity contribution in [3.63, 3.8) is 0 Å². The SMILES string of the molecule is CC/C=C\C/C=C\C/C=C\C/C=C\CCCCCCCCCCCCCCC(=O)OCC(COC(=O)CCCCCCC/C=C\CCCCCCC)OC(=O)CCCCCCCCCCCCCCCCCCCCCCCC. The molecule has 0 fully saturated rings. The van der Waals surface area contributed by atoms with Gasteiger partial charge in [0.05, 0.1) is 0 Å². The number of allylic oxidation sites excluding steroid dienone is 10. The third-order valence-electron chi connectivity index (χ3n) is 15.5. The fourth-order valence-electron chi connectivity index (χ4n) is 10.3. The Morgan fingerprint density at radius 3 is 0.785 bits per heavy atom. The van der Waals surface area contributed by atoms with Gasteiger partial charge >= 0.3 is 17.9 Å². The second-order valence-electron chi connectivity index (χ2n) is 23.4. The Bertz CT molecular complexity index is 1410. The lowest BCUT2D eigenvalue weighted by Gasteiger charge is -2.18. The summed E-state index contributed by atoms with van der Waals surface area (Å²) in [7, 11) is 0. The van der Waals surface area contributed by atoms with Crippen LogP contribution < -0.4 is 0 Å². The van der Waals surface area contributed by atoms with Gasteiger partial charge in [0.2, 0.25) is 0 Å². The van der Waals surface area contributed by atoms with Crippen molar-refractivity contribution in [1.82, 2.24) is 0 Å². The fourth-order valence-corrected chi connectivity index (χ4v) is 10.3. The van der Waals surface area contributed by atoms with Crippen molar-refractivity contribution in [2.24, 2.45) is 0 Å². The van der Waals surface area contributed by atoms with E-state index in [0.29, 0.717) is 19.3 Å². The van der Waals surface area contributed by atoms with E-state index in [9.17, 15) is 14.4 Å². The quantitative estimate of drug-likeness (QED) is 0.0261. The van der Waals surface area contributed by atoms with Crippen LogP contribution in [0.5, 0.6) is 0 Å². The molecule has 0 rings (SSSR count). The largest absolute Gasteiger partial charge is 0.462 e. The van der Waals surface area contributed by atoms with Gasteiger partial charge in [-0.2, -0.15) is 0 Å². The molecule has 1 atom stereocenters. The molecule has 0 saturated carbocycles. The molecule has 6 nitrogen and oxygen atoms in total. The minimum atomic E-state index is -0.777. The topological polar surface area (TPSA) is 78.9 Å². The molecule has 1 unspecified atom stereocenters. The molecule has 0 amide bonds. The highest BCUT2D eigenvalue weighted by atomic mass is 16.6. The molecule has 0 spiro atoms. The first-order chi connectivity index (χ1) is 39.0. The second kappa shape index (κ2) is 67.6. The van der Waals surface area contributed by atoms with Crippen LogP contribution in [0, 0.1) is 0 Å². The summed E-state index contributed by atoms with van der Waals surface area (Å²) in [4.78, 5) is 38.4. The van der Waals surface area contributed by atoms with E-state index in [2.05, 4.69) is 81.5 Å². The molecular weight excluding hydrogens is 973 g/mol. The molecule has 0 radical (unpaired) electrons. The number of ether oxygens (including phenoxy) is 3. The van der Waals surface area contributed by atoms with Gasteiger partial charge in [0, 0.05) is 19.3 Å². The maximum atomic E-state index is 13.0. The highest BCUT2D eigenvalue weighted by Crippen LogP contribution is 2.18. The summed E-state index contributed by atoms with van der Waals surface area (Å²) in [5, 5.41) is 0. The fraction of sp³-hybridized carbons (Fsp3) is 0.822. The Morgan fingerprint density at radius 1 is 0.266 bits per heavy atom. The van der Waals surface area contributed by atoms with Gasteiger partial charge in [-0.3, -0.25) is 14.4 Å². The zero-order valence-electron chi connectivity index (χ0n) is 52.9. The van der Waals surface area contributed by atoms with Crippen molar-refractivity contribution >= 4 is 17.9 Å². The van der Waals surface area contributed by atoms with Crippen molar-refractivity contribution in [2.75, 3.05) is 13.2 Å². The summed E-state index contributed by atoms with van der Waals surface area (Å²) in [5.41, 5.74) is 0. The first-order valence-electron chi connectivity index (χ1n) is 34.8. The van der Waals surface area contributed by atoms with Gasteiger partial charge in [-0.25, -0.2) is 0 Å². The normalized spacial score (nSPS) is 12.4. The van der Waals surface area contributed by atoms with E-state index in [1.807, 2.05) is 0 Å². The average molecular weight is 1110 g/mol. The monoisotopic (exact) mass is 1110 g/mol. The zero-order valence-corrected chi connectivity index (χ0v) is 52.9. The molecule has 0 heterocycles. The number of esters is 3. The first kappa shape index (κ1) is 76.1. The van der Waals surface area contributed by atoms with Crippen LogP contribution in [-0.2, 0) is 28.6 Å². The number of rotatable bonds is 64. The standard InChI is InChI=1S/C73H132O6/c1-4-7-10-13-16-19-22-25-28-30-32-34-36-37-38-40-41-43-45-48-51-54-57-60-63-66-72(75)78-69-70(68-77-71(74)65-62-59-56-53-50-47-27-24-21-18-15-12-9-6-3)79-73(76)67-64-61-58-55-52-49-46-44-42-39-35-33-31-29-26-23-20-17-14-11-8-5-2/h7,10,16,19,24-25,27-28,32,34,70H,4-6,8-9,11-15,17-18,20-23,26,29-31,33,35-69H2,1-3H3/b10-7-,19-16-,27-24-,28-25-,34-32-. The third kappa shape index (κ3) is 65.8. The molecule has 6 heteroatoms. The van der Waals surface area contributed by atoms with E-state index in [-0.39, 0.29) is 31.1 Å². The van der Waals surface area contributed by atoms with Gasteiger partial charge in [-0.05, 0) is 83.5 Å². The molecule has 460 valence electrons. The maximum absolute atomic E-state index is 13.0. The van der Waals surface area contributed by atoms with Gasteiger partial charge in [0.1, 0.15) is 13.2 Å². The molecule has 0 saturated heterocycles. The van der Waals surface area contributed by atoms with Crippen LogP contribution in [-0.4, -0.2) is 37.2 Å². The van der Waals surface area contributed by atoms with Crippen LogP contribution in [0.4, 0.5) is 0 Å². The molecule has 0 aliphatic rings. The minimum absolute atomic E-state index is 0.0736. The van der Waals surface area contributed by atoms with Crippen molar-refractivity contribution < 1.29 is 28.6 Å². The maximum Gasteiger partial charge on any atom is 0.306 e. The summed E-state index contributed by atoms with van der Waals surface area (Å²) in [6.07, 6.45) is 86.7. The van der Waals surface area contributed by atoms with E-state index < -0.39 is 6.10 Å². The Labute approximate surface area is 491 Å². The Morgan fingerprint density at radius 2 is 0.494 bits per heavy atom. The Hall–Kier alpha value is -2.89. The van der Waals surface area contributed by atoms with Crippen molar-refractivity contribution in [3.8, 4) is 0 Å². The number of carbonyl (C=O) groups is 3. The highest BCUT2D eigenvalue weighted by Gasteiger charge is 2.19. The second-order valence-corrected chi connectivity index (χ2v) is 23.4. The summed E-state index contributed by atoms with van der Waals surface area (Å²) in [6.45, 7) is 6.57. The van der Waals surface area contributed by atoms with E-state index in [4.69, 9.17) is 14.2 Å². The van der Waals surface area contributed by atoms with Gasteiger partial charge in [-0.1, -0.05) is 326 Å². The summed E-state index contributed by atoms with van der Waals surface area (Å²) in [6, 6.07) is 0. The van der Waals surface area contributed by atoms with Gasteiger partial charge < -0.3 is 14.2 Å². The van der Waals surface area contributed by atoms with Crippen molar-refractivity contribution in [1.29, 1.82) is 0 Å². The van der Waals surface area contributed by atoms with E-state index >= 15 is 0 Å². The number of hydrogen-bond acceptors (Lipinski definition) is 6. The van der Waals surface area contributed by atoms with Crippen LogP contribution in [0.1, 0.15) is 367 Å². The molecular formula is C73H132O6. The van der Waals surface area contributed by atoms with Crippen LogP contribution in [0.25, 0.3) is 0 Å². The highest BCUT2D eigenvalue weighted by molar-refractivity contribution is 5.71. The molecule has 0 aromatic heterocycles. The molecule has 0 N–H and O–H groups in total.